The van der Waals surface area contributed by atoms with Crippen molar-refractivity contribution in [3.63, 3.8) is 0 Å². The van der Waals surface area contributed by atoms with Gasteiger partial charge in [0.1, 0.15) is 5.54 Å². The lowest BCUT2D eigenvalue weighted by Gasteiger charge is -2.14. The molecule has 2 heteroatoms. The average molecular weight is 132 g/mol. The molecule has 50 valence electrons. The van der Waals surface area contributed by atoms with Gasteiger partial charge in [0.25, 0.3) is 0 Å². The van der Waals surface area contributed by atoms with E-state index in [9.17, 15) is 0 Å². The predicted octanol–water partition coefficient (Wildman–Crippen LogP) is -0.0409. The summed E-state index contributed by atoms with van der Waals surface area (Å²) in [7, 11) is 0. The molecule has 0 amide bonds. The van der Waals surface area contributed by atoms with Crippen LogP contribution in [0, 0.1) is 46.8 Å². The fraction of sp³-hybridized carbons (Fsp3) is 0.875. The van der Waals surface area contributed by atoms with Crippen LogP contribution in [0.4, 0.5) is 0 Å². The van der Waals surface area contributed by atoms with E-state index in [0.29, 0.717) is 11.8 Å². The number of rotatable bonds is 0. The summed E-state index contributed by atoms with van der Waals surface area (Å²) in [5.41, 5.74) is 5.63. The topological polar surface area (TPSA) is 49.8 Å². The van der Waals surface area contributed by atoms with Crippen molar-refractivity contribution >= 4 is 0 Å². The van der Waals surface area contributed by atoms with Gasteiger partial charge in [0.15, 0.2) is 0 Å². The van der Waals surface area contributed by atoms with Gasteiger partial charge in [0.2, 0.25) is 0 Å². The number of nitriles is 1. The van der Waals surface area contributed by atoms with E-state index in [1.165, 1.54) is 0 Å². The molecule has 0 aromatic rings. The van der Waals surface area contributed by atoms with E-state index in [4.69, 9.17) is 11.0 Å². The molecule has 0 saturated heterocycles. The third kappa shape index (κ3) is 0.172. The first-order chi connectivity index (χ1) is 4.80. The summed E-state index contributed by atoms with van der Waals surface area (Å²) in [6.45, 7) is 0. The van der Waals surface area contributed by atoms with Crippen LogP contribution in [0.5, 0.6) is 0 Å². The van der Waals surface area contributed by atoms with E-state index in [1.54, 1.807) is 0 Å². The Bertz CT molecular complexity index is 246. The molecule has 0 spiro atoms. The van der Waals surface area contributed by atoms with Crippen LogP contribution in [-0.2, 0) is 0 Å². The average Bonchev–Trinajstić information content (AvgIpc) is 2.62. The van der Waals surface area contributed by atoms with Crippen LogP contribution in [0.15, 0.2) is 0 Å². The molecule has 5 aliphatic rings. The Balaban J connectivity index is 1.99. The van der Waals surface area contributed by atoms with Gasteiger partial charge in [0.05, 0.1) is 6.07 Å². The molecule has 0 unspecified atom stereocenters. The fourth-order valence-corrected chi connectivity index (χ4v) is 4.20. The third-order valence-corrected chi connectivity index (χ3v) is 4.45. The second kappa shape index (κ2) is 0.785. The summed E-state index contributed by atoms with van der Waals surface area (Å²) >= 11 is 0. The van der Waals surface area contributed by atoms with Gasteiger partial charge >= 0.3 is 0 Å². The first-order valence-electron chi connectivity index (χ1n) is 4.01. The summed E-state index contributed by atoms with van der Waals surface area (Å²) in [6.07, 6.45) is 0. The van der Waals surface area contributed by atoms with Crippen LogP contribution in [0.25, 0.3) is 0 Å². The minimum absolute atomic E-state index is 0.356. The molecule has 0 aromatic heterocycles. The molecule has 0 aromatic carbocycles. The van der Waals surface area contributed by atoms with E-state index in [1.807, 2.05) is 0 Å². The highest BCUT2D eigenvalue weighted by Gasteiger charge is 2.96. The van der Waals surface area contributed by atoms with Crippen LogP contribution in [-0.4, -0.2) is 5.54 Å². The molecule has 0 radical (unpaired) electrons. The van der Waals surface area contributed by atoms with Gasteiger partial charge in [-0.3, -0.25) is 0 Å². The van der Waals surface area contributed by atoms with Gasteiger partial charge in [-0.2, -0.15) is 5.26 Å². The molecule has 5 fully saturated rings. The normalized spacial score (nSPS) is 84.8. The zero-order chi connectivity index (χ0) is 6.67. The smallest absolute Gasteiger partial charge is 0.111 e. The van der Waals surface area contributed by atoms with E-state index in [-0.39, 0.29) is 5.54 Å². The van der Waals surface area contributed by atoms with Gasteiger partial charge in [-0.05, 0) is 35.5 Å². The highest BCUT2D eigenvalue weighted by molar-refractivity contribution is 5.48. The molecular formula is C8H8N2. The maximum Gasteiger partial charge on any atom is 0.111 e. The molecular weight excluding hydrogens is 124 g/mol. The number of hydrogen-bond donors (Lipinski definition) is 1. The van der Waals surface area contributed by atoms with E-state index < -0.39 is 0 Å². The highest BCUT2D eigenvalue weighted by atomic mass is 15.1. The second-order valence-electron chi connectivity index (χ2n) is 4.41. The molecule has 0 aliphatic heterocycles. The lowest BCUT2D eigenvalue weighted by molar-refractivity contribution is 0.434. The molecule has 5 aliphatic carbocycles. The van der Waals surface area contributed by atoms with Crippen LogP contribution in [0.1, 0.15) is 0 Å². The van der Waals surface area contributed by atoms with Gasteiger partial charge in [0, 0.05) is 0 Å². The van der Waals surface area contributed by atoms with Crippen LogP contribution >= 0.6 is 0 Å². The lowest BCUT2D eigenvalue weighted by atomic mass is 9.97. The molecule has 10 heavy (non-hydrogen) atoms. The van der Waals surface area contributed by atoms with Crippen molar-refractivity contribution in [3.8, 4) is 6.07 Å². The Morgan fingerprint density at radius 3 is 1.70 bits per heavy atom. The summed E-state index contributed by atoms with van der Waals surface area (Å²) in [5, 5.41) is 8.86. The van der Waals surface area contributed by atoms with Crippen molar-refractivity contribution < 1.29 is 0 Å². The minimum Gasteiger partial charge on any atom is -0.313 e. The SMILES string of the molecule is N#CC1(N)C2C3C2C2C3C21. The Labute approximate surface area is 59.0 Å². The maximum atomic E-state index is 8.86. The van der Waals surface area contributed by atoms with E-state index in [2.05, 4.69) is 6.07 Å². The molecule has 5 saturated carbocycles. The number of nitrogens with zero attached hydrogens (tertiary/aromatic N) is 1. The summed E-state index contributed by atoms with van der Waals surface area (Å²) < 4.78 is 0. The van der Waals surface area contributed by atoms with Crippen molar-refractivity contribution in [2.24, 2.45) is 41.2 Å². The monoisotopic (exact) mass is 132 g/mol. The van der Waals surface area contributed by atoms with Crippen LogP contribution < -0.4 is 5.73 Å². The van der Waals surface area contributed by atoms with Crippen molar-refractivity contribution in [1.29, 1.82) is 5.26 Å². The number of hydrogen-bond acceptors (Lipinski definition) is 2. The Morgan fingerprint density at radius 1 is 1.10 bits per heavy atom. The Kier molecular flexibility index (Phi) is 0.342. The molecule has 0 atom stereocenters. The van der Waals surface area contributed by atoms with Crippen LogP contribution in [0.2, 0.25) is 0 Å². The van der Waals surface area contributed by atoms with E-state index in [0.717, 1.165) is 23.7 Å². The van der Waals surface area contributed by atoms with Crippen LogP contribution in [0.3, 0.4) is 0 Å². The molecule has 0 heterocycles. The Morgan fingerprint density at radius 2 is 1.50 bits per heavy atom. The summed E-state index contributed by atoms with van der Waals surface area (Å²) in [6, 6.07) is 2.32. The zero-order valence-electron chi connectivity index (χ0n) is 5.49. The lowest BCUT2D eigenvalue weighted by Crippen LogP contribution is -2.40. The third-order valence-electron chi connectivity index (χ3n) is 4.45. The van der Waals surface area contributed by atoms with Gasteiger partial charge < -0.3 is 5.73 Å². The van der Waals surface area contributed by atoms with Gasteiger partial charge in [-0.25, -0.2) is 0 Å². The molecule has 5 rings (SSSR count). The fourth-order valence-electron chi connectivity index (χ4n) is 4.20. The second-order valence-corrected chi connectivity index (χ2v) is 4.41. The molecule has 2 nitrogen and oxygen atoms in total. The van der Waals surface area contributed by atoms with Gasteiger partial charge in [-0.1, -0.05) is 0 Å². The van der Waals surface area contributed by atoms with E-state index >= 15 is 0 Å². The predicted molar refractivity (Wildman–Crippen MR) is 33.5 cm³/mol. The molecule has 2 N–H and O–H groups in total. The van der Waals surface area contributed by atoms with Gasteiger partial charge in [-0.15, -0.1) is 0 Å². The standard InChI is InChI=1S/C8H8N2/c9-1-8(10)6-2-3(6)5-4(2)7(5)8/h2-7H,10H2. The minimum atomic E-state index is -0.356. The quantitative estimate of drug-likeness (QED) is 0.502. The first-order valence-corrected chi connectivity index (χ1v) is 4.01. The van der Waals surface area contributed by atoms with Crippen molar-refractivity contribution in [2.75, 3.05) is 0 Å². The van der Waals surface area contributed by atoms with Crippen molar-refractivity contribution in [3.05, 3.63) is 0 Å². The molecule has 2 bridgehead atoms. The summed E-state index contributed by atoms with van der Waals surface area (Å²) in [4.78, 5) is 0. The van der Waals surface area contributed by atoms with Crippen molar-refractivity contribution in [2.45, 2.75) is 5.54 Å². The Hall–Kier alpha value is -0.550. The first kappa shape index (κ1) is 4.35. The zero-order valence-corrected chi connectivity index (χ0v) is 5.49. The number of nitrogens with two attached hydrogens (primary N) is 1. The highest BCUT2D eigenvalue weighted by Crippen LogP contribution is 2.94. The largest absolute Gasteiger partial charge is 0.313 e. The maximum absolute atomic E-state index is 8.86. The summed E-state index contributed by atoms with van der Waals surface area (Å²) in [5.74, 6) is 4.94. The van der Waals surface area contributed by atoms with Crippen molar-refractivity contribution in [1.82, 2.24) is 0 Å².